The normalized spacial score (nSPS) is 15.4. The van der Waals surface area contributed by atoms with Crippen LogP contribution >= 0.6 is 22.5 Å². The molecule has 1 aliphatic heterocycles. The molecule has 1 aliphatic rings. The van der Waals surface area contributed by atoms with Crippen molar-refractivity contribution in [1.29, 1.82) is 0 Å². The molecule has 0 saturated heterocycles. The van der Waals surface area contributed by atoms with Gasteiger partial charge in [-0.3, -0.25) is 4.99 Å². The molecule has 46 valence electrons. The molecule has 3 heteroatoms. The Bertz CT molecular complexity index is 207. The molecule has 1 heterocycles. The first-order valence-electron chi connectivity index (χ1n) is 2.45. The third-order valence-electron chi connectivity index (χ3n) is 0.823. The molecule has 0 bridgehead atoms. The lowest BCUT2D eigenvalue weighted by molar-refractivity contribution is 1.52. The van der Waals surface area contributed by atoms with Gasteiger partial charge in [-0.15, -0.1) is 11.7 Å². The number of aliphatic imine (C=N–C) groups is 1. The maximum absolute atomic E-state index is 4.04. The summed E-state index contributed by atoms with van der Waals surface area (Å²) in [7, 11) is 1.35. The summed E-state index contributed by atoms with van der Waals surface area (Å²) in [6, 6.07) is 0. The van der Waals surface area contributed by atoms with Gasteiger partial charge in [-0.2, -0.15) is 0 Å². The summed E-state index contributed by atoms with van der Waals surface area (Å²) in [5, 5.41) is 0.958. The number of nitrogens with zero attached hydrogens (tertiary/aromatic N) is 1. The molecule has 0 unspecified atom stereocenters. The first-order chi connectivity index (χ1) is 4.43. The Kier molecular flexibility index (Phi) is 2.75. The van der Waals surface area contributed by atoms with Crippen molar-refractivity contribution < 1.29 is 0 Å². The summed E-state index contributed by atoms with van der Waals surface area (Å²) in [5.41, 5.74) is 0. The van der Waals surface area contributed by atoms with E-state index in [-0.39, 0.29) is 0 Å². The van der Waals surface area contributed by atoms with Crippen LogP contribution in [0.15, 0.2) is 17.3 Å². The highest BCUT2D eigenvalue weighted by Gasteiger charge is 1.92. The van der Waals surface area contributed by atoms with Crippen LogP contribution in [-0.4, -0.2) is 5.04 Å². The summed E-state index contributed by atoms with van der Waals surface area (Å²) < 4.78 is 0. The molecule has 9 heavy (non-hydrogen) atoms. The van der Waals surface area contributed by atoms with Crippen LogP contribution in [0.4, 0.5) is 0 Å². The fourth-order valence-corrected chi connectivity index (χ4v) is 1.02. The highest BCUT2D eigenvalue weighted by molar-refractivity contribution is 8.74. The summed E-state index contributed by atoms with van der Waals surface area (Å²) in [5.74, 6) is 5.73. The van der Waals surface area contributed by atoms with E-state index in [2.05, 4.69) is 28.5 Å². The largest absolute Gasteiger partial charge is 0.252 e. The van der Waals surface area contributed by atoms with Crippen LogP contribution in [0.3, 0.4) is 0 Å². The van der Waals surface area contributed by atoms with Crippen molar-refractivity contribution in [2.75, 3.05) is 0 Å². The monoisotopic (exact) mass is 155 g/mol. The fourth-order valence-electron chi connectivity index (χ4n) is 0.445. The van der Waals surface area contributed by atoms with Gasteiger partial charge in [-0.05, 0) is 10.8 Å². The summed E-state index contributed by atoms with van der Waals surface area (Å²) in [6.07, 6.45) is 4.15. The van der Waals surface area contributed by atoms with Crippen molar-refractivity contribution in [1.82, 2.24) is 0 Å². The zero-order chi connectivity index (χ0) is 6.53. The lowest BCUT2D eigenvalue weighted by Crippen LogP contribution is -1.83. The molecule has 0 spiro atoms. The molecule has 0 amide bonds. The number of hydrogen-bond donors (Lipinski definition) is 1. The fraction of sp³-hybridized carbons (Fsp3) is 0.167. The SMILES string of the molecule is SSC1=NC=CC#CC1. The second kappa shape index (κ2) is 3.65. The van der Waals surface area contributed by atoms with Crippen molar-refractivity contribution in [3.8, 4) is 11.8 Å². The number of allylic oxidation sites excluding steroid dienone is 1. The Morgan fingerprint density at radius 3 is 3.44 bits per heavy atom. The molecule has 0 aromatic rings. The van der Waals surface area contributed by atoms with Gasteiger partial charge >= 0.3 is 0 Å². The third kappa shape index (κ3) is 2.17. The highest BCUT2D eigenvalue weighted by Crippen LogP contribution is 2.12. The van der Waals surface area contributed by atoms with Gasteiger partial charge in [0.2, 0.25) is 0 Å². The number of hydrogen-bond acceptors (Lipinski definition) is 3. The van der Waals surface area contributed by atoms with Gasteiger partial charge in [0, 0.05) is 12.3 Å². The van der Waals surface area contributed by atoms with Gasteiger partial charge in [0.15, 0.2) is 0 Å². The van der Waals surface area contributed by atoms with Gasteiger partial charge in [-0.25, -0.2) is 0 Å². The molecule has 0 aromatic carbocycles. The molecule has 0 aromatic heterocycles. The molecule has 1 rings (SSSR count). The van der Waals surface area contributed by atoms with Gasteiger partial charge in [0.05, 0.1) is 11.5 Å². The van der Waals surface area contributed by atoms with Crippen LogP contribution < -0.4 is 0 Å². The maximum Gasteiger partial charge on any atom is 0.0954 e. The van der Waals surface area contributed by atoms with Crippen LogP contribution in [0.2, 0.25) is 0 Å². The van der Waals surface area contributed by atoms with E-state index in [4.69, 9.17) is 0 Å². The summed E-state index contributed by atoms with van der Waals surface area (Å²) in [6.45, 7) is 0. The molecule has 0 N–H and O–H groups in total. The van der Waals surface area contributed by atoms with E-state index in [1.807, 2.05) is 0 Å². The van der Waals surface area contributed by atoms with Crippen LogP contribution in [-0.2, 0) is 0 Å². The Morgan fingerprint density at radius 2 is 2.67 bits per heavy atom. The van der Waals surface area contributed by atoms with Gasteiger partial charge in [0.25, 0.3) is 0 Å². The van der Waals surface area contributed by atoms with E-state index in [0.717, 1.165) is 11.5 Å². The number of rotatable bonds is 0. The zero-order valence-corrected chi connectivity index (χ0v) is 6.38. The lowest BCUT2D eigenvalue weighted by atomic mass is 10.4. The molecule has 0 aliphatic carbocycles. The molecule has 1 nitrogen and oxygen atoms in total. The van der Waals surface area contributed by atoms with Crippen molar-refractivity contribution in [3.63, 3.8) is 0 Å². The molecule has 0 atom stereocenters. The van der Waals surface area contributed by atoms with E-state index < -0.39 is 0 Å². The molecule has 0 fully saturated rings. The van der Waals surface area contributed by atoms with Crippen LogP contribution in [0.25, 0.3) is 0 Å². The third-order valence-corrected chi connectivity index (χ3v) is 1.92. The van der Waals surface area contributed by atoms with Crippen molar-refractivity contribution in [2.45, 2.75) is 6.42 Å². The van der Waals surface area contributed by atoms with E-state index in [1.54, 1.807) is 12.3 Å². The van der Waals surface area contributed by atoms with Crippen LogP contribution in [0.1, 0.15) is 6.42 Å². The minimum Gasteiger partial charge on any atom is -0.252 e. The van der Waals surface area contributed by atoms with Gasteiger partial charge < -0.3 is 0 Å². The Morgan fingerprint density at radius 1 is 1.78 bits per heavy atom. The van der Waals surface area contributed by atoms with Crippen molar-refractivity contribution in [3.05, 3.63) is 12.3 Å². The first kappa shape index (κ1) is 6.79. The zero-order valence-electron chi connectivity index (χ0n) is 4.66. The van der Waals surface area contributed by atoms with Gasteiger partial charge in [0.1, 0.15) is 0 Å². The molecule has 0 radical (unpaired) electrons. The molecular formula is C6H5NS2. The van der Waals surface area contributed by atoms with E-state index in [0.29, 0.717) is 0 Å². The first-order valence-corrected chi connectivity index (χ1v) is 4.32. The summed E-state index contributed by atoms with van der Waals surface area (Å²) in [4.78, 5) is 4.04. The van der Waals surface area contributed by atoms with E-state index >= 15 is 0 Å². The average Bonchev–Trinajstić information content (AvgIpc) is 2.13. The predicted octanol–water partition coefficient (Wildman–Crippen LogP) is 1.88. The topological polar surface area (TPSA) is 12.4 Å². The molecule has 0 saturated carbocycles. The highest BCUT2D eigenvalue weighted by atomic mass is 33.1. The quantitative estimate of drug-likeness (QED) is 0.320. The Hall–Kier alpha value is -0.330. The second-order valence-electron chi connectivity index (χ2n) is 1.43. The molecular weight excluding hydrogens is 150 g/mol. The standard InChI is InChI=1S/C6H5NS2/c8-9-6-4-2-1-3-5-7-6/h3,5,8H,4H2. The van der Waals surface area contributed by atoms with E-state index in [1.165, 1.54) is 10.8 Å². The Labute approximate surface area is 63.4 Å². The van der Waals surface area contributed by atoms with Crippen molar-refractivity contribution in [2.24, 2.45) is 4.99 Å². The smallest absolute Gasteiger partial charge is 0.0954 e. The minimum atomic E-state index is 0.723. The summed E-state index contributed by atoms with van der Waals surface area (Å²) >= 11 is 4.00. The second-order valence-corrected chi connectivity index (χ2v) is 2.63. The predicted molar refractivity (Wildman–Crippen MR) is 45.5 cm³/mol. The van der Waals surface area contributed by atoms with Crippen molar-refractivity contribution >= 4 is 27.5 Å². The average molecular weight is 155 g/mol. The lowest BCUT2D eigenvalue weighted by Gasteiger charge is -1.89. The maximum atomic E-state index is 4.04. The number of thiol groups is 1. The minimum absolute atomic E-state index is 0.723. The Balaban J connectivity index is 2.67. The van der Waals surface area contributed by atoms with E-state index in [9.17, 15) is 0 Å². The van der Waals surface area contributed by atoms with Crippen LogP contribution in [0, 0.1) is 11.8 Å². The van der Waals surface area contributed by atoms with Crippen LogP contribution in [0.5, 0.6) is 0 Å². The van der Waals surface area contributed by atoms with Gasteiger partial charge in [-0.1, -0.05) is 11.8 Å².